The zero-order valence-corrected chi connectivity index (χ0v) is 40.8. The average Bonchev–Trinajstić information content (AvgIpc) is 3.65. The van der Waals surface area contributed by atoms with Crippen molar-refractivity contribution in [2.45, 2.75) is 120 Å². The summed E-state index contributed by atoms with van der Waals surface area (Å²) in [6.07, 6.45) is 6.65. The minimum Gasteiger partial charge on any atom is -0.478 e. The summed E-state index contributed by atoms with van der Waals surface area (Å²) in [5, 5.41) is 14.5. The van der Waals surface area contributed by atoms with Crippen LogP contribution in [-0.2, 0) is 20.8 Å². The number of anilines is 2. The van der Waals surface area contributed by atoms with Crippen molar-refractivity contribution in [3.05, 3.63) is 88.0 Å². The summed E-state index contributed by atoms with van der Waals surface area (Å²) in [4.78, 5) is 57.3. The maximum atomic E-state index is 13.0. The second-order valence-corrected chi connectivity index (χ2v) is 18.0. The average molecular weight is 925 g/mol. The quantitative estimate of drug-likeness (QED) is 0.146. The lowest BCUT2D eigenvalue weighted by molar-refractivity contribution is -0.115. The number of aromatic nitrogens is 1. The van der Waals surface area contributed by atoms with Gasteiger partial charge in [0.2, 0.25) is 0 Å². The van der Waals surface area contributed by atoms with Gasteiger partial charge in [-0.05, 0) is 123 Å². The third-order valence-electron chi connectivity index (χ3n) is 11.3. The third-order valence-corrected chi connectivity index (χ3v) is 13.8. The number of hydrogen-bond donors (Lipinski definition) is 4. The number of carbonyl (C=O) groups excluding carboxylic acids is 2. The molecule has 0 unspecified atom stereocenters. The number of ketones is 1. The van der Waals surface area contributed by atoms with E-state index in [9.17, 15) is 24.3 Å². The normalized spacial score (nSPS) is 15.6. The van der Waals surface area contributed by atoms with Gasteiger partial charge in [-0.1, -0.05) is 11.6 Å². The Kier molecular flexibility index (Phi) is 21.9. The molecule has 2 fully saturated rings. The number of rotatable bonds is 11. The molecule has 5 N–H and O–H groups in total. The Morgan fingerprint density at radius 2 is 1.30 bits per heavy atom. The number of H-pyrrole nitrogens is 1. The number of pyridine rings is 1. The molecular formula is C45H67Cl2N5O7S2. The van der Waals surface area contributed by atoms with Crippen molar-refractivity contribution in [2.24, 2.45) is 5.73 Å². The summed E-state index contributed by atoms with van der Waals surface area (Å²) in [5.74, 6) is -0.754. The van der Waals surface area contributed by atoms with Crippen molar-refractivity contribution < 1.29 is 29.0 Å². The van der Waals surface area contributed by atoms with Crippen LogP contribution in [0.3, 0.4) is 0 Å². The van der Waals surface area contributed by atoms with Crippen molar-refractivity contribution >= 4 is 75.1 Å². The highest BCUT2D eigenvalue weighted by atomic mass is 35.5. The van der Waals surface area contributed by atoms with Crippen molar-refractivity contribution in [2.75, 3.05) is 55.9 Å². The van der Waals surface area contributed by atoms with Crippen LogP contribution in [0.4, 0.5) is 10.0 Å². The molecule has 12 nitrogen and oxygen atoms in total. The van der Waals surface area contributed by atoms with Crippen LogP contribution in [0.2, 0.25) is 0 Å². The molecule has 340 valence electrons. The van der Waals surface area contributed by atoms with E-state index in [1.165, 1.54) is 5.00 Å². The molecule has 3 aromatic rings. The van der Waals surface area contributed by atoms with Crippen LogP contribution in [0.15, 0.2) is 33.7 Å². The summed E-state index contributed by atoms with van der Waals surface area (Å²) in [6, 6.07) is 2.85. The molecule has 61 heavy (non-hydrogen) atoms. The van der Waals surface area contributed by atoms with E-state index in [1.54, 1.807) is 22.7 Å². The second kappa shape index (κ2) is 25.0. The summed E-state index contributed by atoms with van der Waals surface area (Å²) < 4.78 is 10.9. The lowest BCUT2D eigenvalue weighted by Crippen LogP contribution is -2.39. The first-order valence-electron chi connectivity index (χ1n) is 20.7. The number of allylic oxidation sites excluding steroid dienone is 3. The molecule has 3 aromatic heterocycles. The number of aromatic amines is 1. The standard InChI is InChI=1S/C22H31N3O3S.C14H21NO3S.C9H13NO.2ClH/c1-6-25(17-7-9-28-10-8-17)22-15(4)19(16(5)29-22)21(27)23-12-18-13(2)11-14(3)24-20(18)26;1-4-15(11-5-7-18-8-6-11)13-9(2)12(14(16)17)10(3)19-13;1-6-3-7(2)8(5-10)9(11)4-6;;/h11,17H,6-10,12H2,1-5H3,(H,23,27)(H,24,26);11H,4-8H2,1-3H3,(H,16,17);3H,4-5,10H2,1-2H3;2*1H. The van der Waals surface area contributed by atoms with E-state index in [0.717, 1.165) is 125 Å². The van der Waals surface area contributed by atoms with Crippen molar-refractivity contribution in [1.29, 1.82) is 0 Å². The third kappa shape index (κ3) is 13.5. The molecule has 6 rings (SSSR count). The molecule has 1 amide bonds. The van der Waals surface area contributed by atoms with E-state index in [4.69, 9.17) is 15.2 Å². The first kappa shape index (κ1) is 53.6. The Morgan fingerprint density at radius 1 is 0.820 bits per heavy atom. The Hall–Kier alpha value is -3.50. The number of halogens is 2. The molecule has 0 atom stereocenters. The Bertz CT molecular complexity index is 2100. The van der Waals surface area contributed by atoms with Crippen LogP contribution in [0.25, 0.3) is 0 Å². The highest BCUT2D eigenvalue weighted by Gasteiger charge is 2.28. The van der Waals surface area contributed by atoms with Gasteiger partial charge in [-0.15, -0.1) is 47.5 Å². The predicted octanol–water partition coefficient (Wildman–Crippen LogP) is 8.70. The smallest absolute Gasteiger partial charge is 0.337 e. The maximum Gasteiger partial charge on any atom is 0.337 e. The van der Waals surface area contributed by atoms with Gasteiger partial charge in [-0.2, -0.15) is 0 Å². The molecule has 5 heterocycles. The van der Waals surface area contributed by atoms with Gasteiger partial charge in [0.1, 0.15) is 0 Å². The van der Waals surface area contributed by atoms with Gasteiger partial charge in [0.15, 0.2) is 5.78 Å². The molecule has 0 bridgehead atoms. The summed E-state index contributed by atoms with van der Waals surface area (Å²) in [5.41, 5.74) is 13.7. The van der Waals surface area contributed by atoms with Gasteiger partial charge in [0.25, 0.3) is 11.5 Å². The number of aryl methyl sites for hydroxylation is 4. The minimum absolute atomic E-state index is 0. The van der Waals surface area contributed by atoms with E-state index < -0.39 is 5.97 Å². The largest absolute Gasteiger partial charge is 0.478 e. The maximum absolute atomic E-state index is 13.0. The Morgan fingerprint density at radius 3 is 1.70 bits per heavy atom. The van der Waals surface area contributed by atoms with Crippen molar-refractivity contribution in [3.8, 4) is 0 Å². The van der Waals surface area contributed by atoms with E-state index in [1.807, 2.05) is 67.5 Å². The Balaban J connectivity index is 0.000000344. The van der Waals surface area contributed by atoms with Gasteiger partial charge in [0.05, 0.1) is 21.1 Å². The number of thiophene rings is 2. The SMILES string of the molecule is CC1=CC(C)=C(CN)C(=O)C1.CCN(c1sc(C)c(C(=O)NCc2c(C)cc(C)[nH]c2=O)c1C)C1CCOCC1.CCN(c1sc(C)c(C(=O)O)c1C)C1CCOCC1.Cl.Cl. The van der Waals surface area contributed by atoms with E-state index in [2.05, 4.69) is 33.9 Å². The first-order valence-corrected chi connectivity index (χ1v) is 22.4. The first-order chi connectivity index (χ1) is 28.0. The number of carbonyl (C=O) groups is 3. The number of amides is 1. The van der Waals surface area contributed by atoms with Crippen LogP contribution in [-0.4, -0.2) is 85.9 Å². The molecule has 0 spiro atoms. The van der Waals surface area contributed by atoms with Crippen molar-refractivity contribution in [3.63, 3.8) is 0 Å². The fourth-order valence-corrected chi connectivity index (χ4v) is 10.9. The van der Waals surface area contributed by atoms with Crippen LogP contribution in [0, 0.1) is 41.5 Å². The number of carboxylic acids is 1. The molecule has 2 aliphatic heterocycles. The number of carboxylic acid groups (broad SMARTS) is 1. The molecule has 2 saturated heterocycles. The second-order valence-electron chi connectivity index (χ2n) is 15.6. The molecule has 16 heteroatoms. The van der Waals surface area contributed by atoms with E-state index in [-0.39, 0.29) is 48.6 Å². The van der Waals surface area contributed by atoms with E-state index in [0.29, 0.717) is 36.2 Å². The minimum atomic E-state index is -0.819. The molecule has 0 radical (unpaired) electrons. The fraction of sp³-hybridized carbons (Fsp3) is 0.556. The molecule has 0 aromatic carbocycles. The fourth-order valence-electron chi connectivity index (χ4n) is 8.33. The Labute approximate surface area is 382 Å². The number of aromatic carboxylic acids is 1. The highest BCUT2D eigenvalue weighted by Crippen LogP contribution is 2.39. The lowest BCUT2D eigenvalue weighted by Gasteiger charge is -2.34. The number of nitrogens with two attached hydrogens (primary N) is 1. The number of nitrogens with one attached hydrogen (secondary N) is 2. The number of ether oxygens (including phenoxy) is 2. The predicted molar refractivity (Wildman–Crippen MR) is 256 cm³/mol. The number of nitrogens with zero attached hydrogens (tertiary/aromatic N) is 2. The lowest BCUT2D eigenvalue weighted by atomic mass is 9.93. The molecule has 1 aliphatic carbocycles. The summed E-state index contributed by atoms with van der Waals surface area (Å²) in [6.45, 7) is 25.4. The van der Waals surface area contributed by atoms with Crippen LogP contribution in [0.1, 0.15) is 118 Å². The zero-order chi connectivity index (χ0) is 43.6. The van der Waals surface area contributed by atoms with Gasteiger partial charge in [-0.3, -0.25) is 14.4 Å². The van der Waals surface area contributed by atoms with Gasteiger partial charge in [-0.25, -0.2) is 4.79 Å². The van der Waals surface area contributed by atoms with Crippen LogP contribution in [0.5, 0.6) is 0 Å². The number of Topliss-reactive ketones (excluding diaryl/α,β-unsaturated/α-hetero) is 1. The summed E-state index contributed by atoms with van der Waals surface area (Å²) in [7, 11) is 0. The molecular weight excluding hydrogens is 858 g/mol. The summed E-state index contributed by atoms with van der Waals surface area (Å²) >= 11 is 3.28. The zero-order valence-electron chi connectivity index (χ0n) is 37.5. The van der Waals surface area contributed by atoms with Crippen molar-refractivity contribution in [1.82, 2.24) is 10.3 Å². The molecule has 0 saturated carbocycles. The van der Waals surface area contributed by atoms with Crippen LogP contribution < -0.4 is 26.4 Å². The molecule has 3 aliphatic rings. The van der Waals surface area contributed by atoms with E-state index >= 15 is 0 Å². The van der Waals surface area contributed by atoms with Crippen LogP contribution >= 0.6 is 47.5 Å². The highest BCUT2D eigenvalue weighted by molar-refractivity contribution is 7.17. The topological polar surface area (TPSA) is 167 Å². The van der Waals surface area contributed by atoms with Gasteiger partial charge < -0.3 is 40.4 Å². The van der Waals surface area contributed by atoms with Gasteiger partial charge >= 0.3 is 5.97 Å². The monoisotopic (exact) mass is 923 g/mol. The number of hydrogen-bond acceptors (Lipinski definition) is 11. The van der Waals surface area contributed by atoms with Gasteiger partial charge in [0, 0.05) is 97.7 Å².